The van der Waals surface area contributed by atoms with Crippen LogP contribution in [0.3, 0.4) is 0 Å². The van der Waals surface area contributed by atoms with E-state index in [0.29, 0.717) is 17.4 Å². The topological polar surface area (TPSA) is 77.6 Å². The van der Waals surface area contributed by atoms with E-state index in [1.54, 1.807) is 21.8 Å². The van der Waals surface area contributed by atoms with Gasteiger partial charge in [-0.05, 0) is 45.4 Å². The van der Waals surface area contributed by atoms with Gasteiger partial charge in [0.1, 0.15) is 5.82 Å². The van der Waals surface area contributed by atoms with E-state index >= 15 is 0 Å². The van der Waals surface area contributed by atoms with E-state index in [4.69, 9.17) is 11.6 Å². The van der Waals surface area contributed by atoms with E-state index in [-0.39, 0.29) is 18.4 Å². The van der Waals surface area contributed by atoms with Crippen molar-refractivity contribution in [2.45, 2.75) is 46.7 Å². The molecule has 1 amide bonds. The Balaban J connectivity index is 1.70. The van der Waals surface area contributed by atoms with E-state index in [1.807, 2.05) is 45.9 Å². The number of aromatic nitrogens is 5. The number of nitrogens with one attached hydrogen (secondary N) is 1. The van der Waals surface area contributed by atoms with Crippen molar-refractivity contribution in [1.82, 2.24) is 24.5 Å². The molecule has 1 atom stereocenters. The van der Waals surface area contributed by atoms with Crippen molar-refractivity contribution < 1.29 is 4.79 Å². The molecule has 3 aromatic rings. The summed E-state index contributed by atoms with van der Waals surface area (Å²) >= 11 is 6.21. The summed E-state index contributed by atoms with van der Waals surface area (Å²) in [6, 6.07) is 5.62. The van der Waals surface area contributed by atoms with Gasteiger partial charge >= 0.3 is 0 Å². The van der Waals surface area contributed by atoms with Crippen LogP contribution >= 0.6 is 11.6 Å². The number of anilines is 1. The molecular weight excluding hydrogens is 364 g/mol. The fourth-order valence-electron chi connectivity index (χ4n) is 3.05. The summed E-state index contributed by atoms with van der Waals surface area (Å²) in [5.74, 6) is 0.579. The third-order valence-electron chi connectivity index (χ3n) is 4.39. The molecule has 0 aliphatic rings. The van der Waals surface area contributed by atoms with Crippen molar-refractivity contribution in [1.29, 1.82) is 0 Å². The van der Waals surface area contributed by atoms with Crippen LogP contribution in [0.1, 0.15) is 42.0 Å². The minimum Gasteiger partial charge on any atom is -0.311 e. The Morgan fingerprint density at radius 1 is 1.22 bits per heavy atom. The van der Waals surface area contributed by atoms with Crippen molar-refractivity contribution in [2.75, 3.05) is 5.32 Å². The van der Waals surface area contributed by atoms with Gasteiger partial charge in [0.2, 0.25) is 5.91 Å². The van der Waals surface area contributed by atoms with Gasteiger partial charge in [-0.15, -0.1) is 0 Å². The van der Waals surface area contributed by atoms with E-state index in [2.05, 4.69) is 20.5 Å². The molecule has 3 heterocycles. The van der Waals surface area contributed by atoms with Gasteiger partial charge in [0, 0.05) is 24.9 Å². The molecule has 27 heavy (non-hydrogen) atoms. The zero-order valence-corrected chi connectivity index (χ0v) is 16.7. The van der Waals surface area contributed by atoms with Gasteiger partial charge in [-0.3, -0.25) is 14.5 Å². The maximum Gasteiger partial charge on any atom is 0.227 e. The predicted octanol–water partition coefficient (Wildman–Crippen LogP) is 3.69. The Hall–Kier alpha value is -2.67. The number of nitrogens with zero attached hydrogens (tertiary/aromatic N) is 5. The first-order valence-electron chi connectivity index (χ1n) is 8.79. The second kappa shape index (κ2) is 7.92. The van der Waals surface area contributed by atoms with Crippen LogP contribution in [0, 0.1) is 20.8 Å². The lowest BCUT2D eigenvalue weighted by Gasteiger charge is -2.15. The lowest BCUT2D eigenvalue weighted by molar-refractivity contribution is -0.116. The highest BCUT2D eigenvalue weighted by atomic mass is 35.5. The Morgan fingerprint density at radius 2 is 1.93 bits per heavy atom. The molecule has 0 aliphatic carbocycles. The molecule has 0 saturated heterocycles. The van der Waals surface area contributed by atoms with Crippen molar-refractivity contribution >= 4 is 23.3 Å². The van der Waals surface area contributed by atoms with Crippen LogP contribution in [-0.2, 0) is 11.3 Å². The van der Waals surface area contributed by atoms with Gasteiger partial charge in [-0.2, -0.15) is 10.2 Å². The molecule has 0 unspecified atom stereocenters. The number of hydrogen-bond acceptors (Lipinski definition) is 4. The smallest absolute Gasteiger partial charge is 0.227 e. The highest BCUT2D eigenvalue weighted by molar-refractivity contribution is 6.31. The number of amides is 1. The second-order valence-corrected chi connectivity index (χ2v) is 7.09. The van der Waals surface area contributed by atoms with Gasteiger partial charge in [-0.1, -0.05) is 11.6 Å². The van der Waals surface area contributed by atoms with E-state index in [9.17, 15) is 4.79 Å². The van der Waals surface area contributed by atoms with Gasteiger partial charge in [0.25, 0.3) is 0 Å². The molecule has 3 aromatic heterocycles. The molecule has 8 heteroatoms. The zero-order valence-electron chi connectivity index (χ0n) is 15.9. The van der Waals surface area contributed by atoms with E-state index in [1.165, 1.54) is 0 Å². The molecule has 1 N–H and O–H groups in total. The number of hydrogen-bond donors (Lipinski definition) is 1. The van der Waals surface area contributed by atoms with E-state index in [0.717, 1.165) is 22.6 Å². The largest absolute Gasteiger partial charge is 0.311 e. The molecule has 3 rings (SSSR count). The second-order valence-electron chi connectivity index (χ2n) is 6.71. The maximum absolute atomic E-state index is 12.6. The number of carbonyl (C=O) groups is 1. The summed E-state index contributed by atoms with van der Waals surface area (Å²) in [6.07, 6.45) is 3.77. The third kappa shape index (κ3) is 4.36. The number of rotatable bonds is 6. The minimum absolute atomic E-state index is 0.0953. The highest BCUT2D eigenvalue weighted by Crippen LogP contribution is 2.24. The lowest BCUT2D eigenvalue weighted by atomic mass is 10.2. The number of pyridine rings is 1. The van der Waals surface area contributed by atoms with Crippen molar-refractivity contribution in [3.63, 3.8) is 0 Å². The SMILES string of the molecule is Cc1cc(NC(=O)C[C@@H](C)n2nc(C)c(Cl)c2C)n(Cc2ccncc2)n1. The monoisotopic (exact) mass is 386 g/mol. The van der Waals surface area contributed by atoms with Gasteiger partial charge in [-0.25, -0.2) is 4.68 Å². The number of carbonyl (C=O) groups excluding carboxylic acids is 1. The Morgan fingerprint density at radius 3 is 2.56 bits per heavy atom. The van der Waals surface area contributed by atoms with Crippen LogP contribution < -0.4 is 5.32 Å². The third-order valence-corrected chi connectivity index (χ3v) is 4.93. The first-order valence-corrected chi connectivity index (χ1v) is 9.17. The van der Waals surface area contributed by atoms with Gasteiger partial charge in [0.05, 0.1) is 34.7 Å². The summed E-state index contributed by atoms with van der Waals surface area (Å²) in [7, 11) is 0. The van der Waals surface area contributed by atoms with Crippen molar-refractivity contribution in [2.24, 2.45) is 0 Å². The number of aryl methyl sites for hydroxylation is 2. The predicted molar refractivity (Wildman–Crippen MR) is 105 cm³/mol. The Labute approximate surface area is 163 Å². The molecule has 0 fully saturated rings. The van der Waals surface area contributed by atoms with Gasteiger partial charge in [0.15, 0.2) is 0 Å². The molecule has 0 bridgehead atoms. The quantitative estimate of drug-likeness (QED) is 0.700. The average molecular weight is 387 g/mol. The van der Waals surface area contributed by atoms with Crippen LogP contribution in [0.2, 0.25) is 5.02 Å². The first kappa shape index (κ1) is 19.1. The average Bonchev–Trinajstić information content (AvgIpc) is 3.09. The molecule has 0 saturated carbocycles. The summed E-state index contributed by atoms with van der Waals surface area (Å²) in [5.41, 5.74) is 3.55. The lowest BCUT2D eigenvalue weighted by Crippen LogP contribution is -2.21. The van der Waals surface area contributed by atoms with Crippen LogP contribution in [0.4, 0.5) is 5.82 Å². The van der Waals surface area contributed by atoms with Crippen molar-refractivity contribution in [3.8, 4) is 0 Å². The molecule has 7 nitrogen and oxygen atoms in total. The number of halogens is 1. The van der Waals surface area contributed by atoms with Gasteiger partial charge < -0.3 is 5.32 Å². The molecule has 0 aliphatic heterocycles. The Kier molecular flexibility index (Phi) is 5.60. The summed E-state index contributed by atoms with van der Waals surface area (Å²) in [6.45, 7) is 8.19. The summed E-state index contributed by atoms with van der Waals surface area (Å²) < 4.78 is 3.59. The molecule has 0 radical (unpaired) electrons. The molecule has 0 aromatic carbocycles. The fourth-order valence-corrected chi connectivity index (χ4v) is 3.17. The molecule has 142 valence electrons. The van der Waals surface area contributed by atoms with Crippen LogP contribution in [-0.4, -0.2) is 30.5 Å². The summed E-state index contributed by atoms with van der Waals surface area (Å²) in [5, 5.41) is 12.5. The van der Waals surface area contributed by atoms with Crippen LogP contribution in [0.25, 0.3) is 0 Å². The minimum atomic E-state index is -0.103. The fraction of sp³-hybridized carbons (Fsp3) is 0.368. The van der Waals surface area contributed by atoms with Crippen LogP contribution in [0.15, 0.2) is 30.6 Å². The first-order chi connectivity index (χ1) is 12.8. The summed E-state index contributed by atoms with van der Waals surface area (Å²) in [4.78, 5) is 16.6. The van der Waals surface area contributed by atoms with Crippen molar-refractivity contribution in [3.05, 3.63) is 58.3 Å². The normalized spacial score (nSPS) is 12.2. The molecular formula is C19H23ClN6O. The highest BCUT2D eigenvalue weighted by Gasteiger charge is 2.18. The standard InChI is InChI=1S/C19H23ClN6O/c1-12-9-17(25(23-12)11-16-5-7-21-8-6-16)22-18(27)10-13(2)26-15(4)19(20)14(3)24-26/h5-9,13H,10-11H2,1-4H3,(H,22,27)/t13-/m1/s1. The Bertz CT molecular complexity index is 947. The van der Waals surface area contributed by atoms with Crippen LogP contribution in [0.5, 0.6) is 0 Å². The van der Waals surface area contributed by atoms with E-state index < -0.39 is 0 Å². The maximum atomic E-state index is 12.6. The zero-order chi connectivity index (χ0) is 19.6. The molecule has 0 spiro atoms.